The Morgan fingerprint density at radius 2 is 1.57 bits per heavy atom. The van der Waals surface area contributed by atoms with Gasteiger partial charge in [-0.2, -0.15) is 10.5 Å². The number of nitriles is 2. The SMILES string of the molecule is C=C1C(F)=C(C#N)C(F)(c2ccc(F)c(F)c2F)C(F)=C1C#N. The van der Waals surface area contributed by atoms with Gasteiger partial charge in [-0.15, -0.1) is 0 Å². The average Bonchev–Trinajstić information content (AvgIpc) is 2.52. The summed E-state index contributed by atoms with van der Waals surface area (Å²) in [4.78, 5) is 0. The molecule has 2 rings (SSSR count). The molecule has 1 aliphatic rings. The second-order valence-electron chi connectivity index (χ2n) is 4.46. The molecule has 1 aliphatic carbocycles. The molecule has 0 saturated carbocycles. The van der Waals surface area contributed by atoms with Gasteiger partial charge in [0.15, 0.2) is 23.3 Å². The number of halogens is 6. The molecule has 8 heteroatoms. The second kappa shape index (κ2) is 5.33. The van der Waals surface area contributed by atoms with Crippen LogP contribution in [0.2, 0.25) is 0 Å². The Bertz CT molecular complexity index is 884. The first kappa shape index (κ1) is 16.4. The highest BCUT2D eigenvalue weighted by molar-refractivity contribution is 5.65. The zero-order chi connectivity index (χ0) is 17.5. The number of alkyl halides is 1. The summed E-state index contributed by atoms with van der Waals surface area (Å²) in [5.74, 6) is -9.69. The molecular formula is C15H4F6N2. The number of hydrogen-bond acceptors (Lipinski definition) is 2. The van der Waals surface area contributed by atoms with Gasteiger partial charge in [-0.05, 0) is 12.1 Å². The molecule has 0 fully saturated rings. The molecule has 116 valence electrons. The highest BCUT2D eigenvalue weighted by Gasteiger charge is 2.52. The predicted molar refractivity (Wildman–Crippen MR) is 65.7 cm³/mol. The molecule has 0 radical (unpaired) electrons. The van der Waals surface area contributed by atoms with Crippen molar-refractivity contribution in [2.75, 3.05) is 0 Å². The molecule has 0 N–H and O–H groups in total. The Labute approximate surface area is 125 Å². The lowest BCUT2D eigenvalue weighted by atomic mass is 9.78. The Morgan fingerprint density at radius 3 is 2.09 bits per heavy atom. The third-order valence-corrected chi connectivity index (χ3v) is 3.28. The topological polar surface area (TPSA) is 47.6 Å². The summed E-state index contributed by atoms with van der Waals surface area (Å²) in [5.41, 5.74) is -9.04. The fraction of sp³-hybridized carbons (Fsp3) is 0.0667. The summed E-state index contributed by atoms with van der Waals surface area (Å²) in [6, 6.07) is 2.75. The molecule has 23 heavy (non-hydrogen) atoms. The van der Waals surface area contributed by atoms with E-state index in [0.29, 0.717) is 6.07 Å². The van der Waals surface area contributed by atoms with Crippen LogP contribution >= 0.6 is 0 Å². The van der Waals surface area contributed by atoms with Gasteiger partial charge in [-0.3, -0.25) is 0 Å². The lowest BCUT2D eigenvalue weighted by molar-refractivity contribution is 0.209. The van der Waals surface area contributed by atoms with E-state index in [2.05, 4.69) is 6.58 Å². The minimum absolute atomic E-state index is 0.282. The van der Waals surface area contributed by atoms with Crippen LogP contribution in [0.25, 0.3) is 0 Å². The van der Waals surface area contributed by atoms with Crippen molar-refractivity contribution < 1.29 is 26.3 Å². The fourth-order valence-corrected chi connectivity index (χ4v) is 2.11. The quantitative estimate of drug-likeness (QED) is 0.569. The maximum Gasteiger partial charge on any atom is 0.228 e. The van der Waals surface area contributed by atoms with E-state index in [0.717, 1.165) is 12.1 Å². The molecule has 0 aliphatic heterocycles. The number of benzene rings is 1. The van der Waals surface area contributed by atoms with Crippen molar-refractivity contribution in [2.24, 2.45) is 0 Å². The minimum atomic E-state index is -3.91. The summed E-state index contributed by atoms with van der Waals surface area (Å²) in [6.45, 7) is 3.01. The summed E-state index contributed by atoms with van der Waals surface area (Å²) >= 11 is 0. The maximum atomic E-state index is 15.1. The Balaban J connectivity index is 2.94. The molecule has 0 spiro atoms. The summed E-state index contributed by atoms with van der Waals surface area (Å²) in [7, 11) is 0. The Kier molecular flexibility index (Phi) is 3.79. The molecule has 1 unspecified atom stereocenters. The van der Waals surface area contributed by atoms with E-state index in [1.54, 1.807) is 0 Å². The van der Waals surface area contributed by atoms with E-state index in [4.69, 9.17) is 10.5 Å². The van der Waals surface area contributed by atoms with Gasteiger partial charge < -0.3 is 0 Å². The van der Waals surface area contributed by atoms with Crippen molar-refractivity contribution in [3.8, 4) is 12.1 Å². The highest BCUT2D eigenvalue weighted by Crippen LogP contribution is 2.51. The Hall–Kier alpha value is -3.00. The summed E-state index contributed by atoms with van der Waals surface area (Å²) in [5, 5.41) is 17.7. The smallest absolute Gasteiger partial charge is 0.224 e. The number of hydrogen-bond donors (Lipinski definition) is 0. The van der Waals surface area contributed by atoms with Gasteiger partial charge >= 0.3 is 0 Å². The molecule has 2 nitrogen and oxygen atoms in total. The molecule has 0 amide bonds. The molecule has 0 heterocycles. The molecular weight excluding hydrogens is 322 g/mol. The lowest BCUT2D eigenvalue weighted by Gasteiger charge is -2.29. The van der Waals surface area contributed by atoms with E-state index >= 15 is 4.39 Å². The predicted octanol–water partition coefficient (Wildman–Crippen LogP) is 4.33. The highest BCUT2D eigenvalue weighted by atomic mass is 19.2. The van der Waals surface area contributed by atoms with Gasteiger partial charge in [0.05, 0.1) is 5.57 Å². The van der Waals surface area contributed by atoms with E-state index in [-0.39, 0.29) is 6.07 Å². The lowest BCUT2D eigenvalue weighted by Crippen LogP contribution is -2.30. The maximum absolute atomic E-state index is 15.1. The van der Waals surface area contributed by atoms with Crippen molar-refractivity contribution in [1.29, 1.82) is 10.5 Å². The zero-order valence-electron chi connectivity index (χ0n) is 11.0. The van der Waals surface area contributed by atoms with Crippen molar-refractivity contribution in [3.63, 3.8) is 0 Å². The standard InChI is InChI=1S/C15H4F6N2/c1-6-7(4-22)14(20)15(21,9(5-23)11(6)17)8-2-3-10(16)13(19)12(8)18/h2-3H,1H2. The molecule has 1 aromatic carbocycles. The van der Waals surface area contributed by atoms with Crippen molar-refractivity contribution in [2.45, 2.75) is 5.67 Å². The monoisotopic (exact) mass is 326 g/mol. The second-order valence-corrected chi connectivity index (χ2v) is 4.46. The minimum Gasteiger partial charge on any atom is -0.224 e. The molecule has 0 bridgehead atoms. The van der Waals surface area contributed by atoms with Crippen LogP contribution in [0.1, 0.15) is 5.56 Å². The molecule has 0 saturated heterocycles. The van der Waals surface area contributed by atoms with E-state index in [1.807, 2.05) is 0 Å². The van der Waals surface area contributed by atoms with Crippen molar-refractivity contribution in [3.05, 3.63) is 70.1 Å². The van der Waals surface area contributed by atoms with Crippen molar-refractivity contribution >= 4 is 0 Å². The van der Waals surface area contributed by atoms with Crippen LogP contribution in [-0.4, -0.2) is 0 Å². The van der Waals surface area contributed by atoms with E-state index < -0.39 is 57.1 Å². The van der Waals surface area contributed by atoms with Crippen LogP contribution in [0, 0.1) is 40.1 Å². The first-order valence-corrected chi connectivity index (χ1v) is 5.85. The van der Waals surface area contributed by atoms with Crippen LogP contribution in [0.3, 0.4) is 0 Å². The van der Waals surface area contributed by atoms with Gasteiger partial charge in [-0.1, -0.05) is 6.58 Å². The van der Waals surface area contributed by atoms with Gasteiger partial charge in [-0.25, -0.2) is 26.3 Å². The van der Waals surface area contributed by atoms with Gasteiger partial charge in [0.1, 0.15) is 23.5 Å². The third kappa shape index (κ3) is 2.03. The zero-order valence-corrected chi connectivity index (χ0v) is 11.0. The normalized spacial score (nSPS) is 21.3. The van der Waals surface area contributed by atoms with Crippen LogP contribution < -0.4 is 0 Å². The Morgan fingerprint density at radius 1 is 0.957 bits per heavy atom. The number of rotatable bonds is 1. The number of allylic oxidation sites excluding steroid dienone is 5. The van der Waals surface area contributed by atoms with Crippen LogP contribution in [0.15, 0.2) is 47.1 Å². The molecule has 0 aromatic heterocycles. The van der Waals surface area contributed by atoms with Gasteiger partial charge in [0.25, 0.3) is 0 Å². The van der Waals surface area contributed by atoms with Crippen LogP contribution in [-0.2, 0) is 5.67 Å². The summed E-state index contributed by atoms with van der Waals surface area (Å²) < 4.78 is 83.6. The van der Waals surface area contributed by atoms with Crippen LogP contribution in [0.5, 0.6) is 0 Å². The third-order valence-electron chi connectivity index (χ3n) is 3.28. The first-order valence-electron chi connectivity index (χ1n) is 5.85. The van der Waals surface area contributed by atoms with E-state index in [1.165, 1.54) is 0 Å². The van der Waals surface area contributed by atoms with Crippen molar-refractivity contribution in [1.82, 2.24) is 0 Å². The molecule has 1 aromatic rings. The largest absolute Gasteiger partial charge is 0.228 e. The fourth-order valence-electron chi connectivity index (χ4n) is 2.11. The average molecular weight is 326 g/mol. The van der Waals surface area contributed by atoms with Crippen LogP contribution in [0.4, 0.5) is 26.3 Å². The first-order chi connectivity index (χ1) is 10.7. The van der Waals surface area contributed by atoms with E-state index in [9.17, 15) is 22.0 Å². The molecule has 1 atom stereocenters. The number of nitrogens with zero attached hydrogens (tertiary/aromatic N) is 2. The van der Waals surface area contributed by atoms with Gasteiger partial charge in [0.2, 0.25) is 5.67 Å². The van der Waals surface area contributed by atoms with Gasteiger partial charge in [0, 0.05) is 11.1 Å². The summed E-state index contributed by atoms with van der Waals surface area (Å²) in [6.07, 6.45) is 0.